The Hall–Kier alpha value is -3.35. The highest BCUT2D eigenvalue weighted by Crippen LogP contribution is 2.33. The molecule has 170 valence electrons. The summed E-state index contributed by atoms with van der Waals surface area (Å²) in [5.41, 5.74) is 2.58. The number of hydrogen-bond acceptors (Lipinski definition) is 6. The number of aromatic nitrogens is 2. The molecule has 4 rings (SSSR count). The normalized spacial score (nSPS) is 15.2. The van der Waals surface area contributed by atoms with Gasteiger partial charge in [0, 0.05) is 25.0 Å². The zero-order valence-electron chi connectivity index (χ0n) is 19.3. The molecule has 32 heavy (non-hydrogen) atoms. The summed E-state index contributed by atoms with van der Waals surface area (Å²) in [7, 11) is 0. The van der Waals surface area contributed by atoms with Crippen LogP contribution in [-0.2, 0) is 4.74 Å². The van der Waals surface area contributed by atoms with Crippen molar-refractivity contribution in [3.8, 4) is 17.1 Å². The minimum Gasteiger partial charge on any atom is -0.507 e. The van der Waals surface area contributed by atoms with E-state index >= 15 is 0 Å². The molecule has 7 heteroatoms. The molecule has 1 unspecified atom stereocenters. The minimum absolute atomic E-state index is 0.161. The Kier molecular flexibility index (Phi) is 7.87. The van der Waals surface area contributed by atoms with Crippen molar-refractivity contribution in [1.82, 2.24) is 15.3 Å². The molecule has 1 aliphatic rings. The van der Waals surface area contributed by atoms with Crippen molar-refractivity contribution in [3.05, 3.63) is 48.0 Å². The number of aromatic hydroxyl groups is 1. The molecule has 1 aromatic heterocycles. The van der Waals surface area contributed by atoms with E-state index in [2.05, 4.69) is 22.3 Å². The van der Waals surface area contributed by atoms with Crippen LogP contribution in [0.2, 0.25) is 0 Å². The lowest BCUT2D eigenvalue weighted by Crippen LogP contribution is -2.31. The lowest BCUT2D eigenvalue weighted by molar-refractivity contribution is 0.151. The van der Waals surface area contributed by atoms with E-state index in [-0.39, 0.29) is 11.8 Å². The average molecular weight is 437 g/mol. The lowest BCUT2D eigenvalue weighted by Gasteiger charge is -2.21. The van der Waals surface area contributed by atoms with Crippen LogP contribution in [0.5, 0.6) is 5.75 Å². The van der Waals surface area contributed by atoms with Gasteiger partial charge >= 0.3 is 6.09 Å². The molecule has 0 radical (unpaired) electrons. The third kappa shape index (κ3) is 5.28. The smallest absolute Gasteiger partial charge is 0.407 e. The number of carbonyl (C=O) groups is 1. The molecule has 3 aromatic rings. The van der Waals surface area contributed by atoms with Gasteiger partial charge in [0.1, 0.15) is 11.6 Å². The Morgan fingerprint density at radius 1 is 1.22 bits per heavy atom. The quantitative estimate of drug-likeness (QED) is 0.591. The van der Waals surface area contributed by atoms with E-state index in [1.165, 1.54) is 0 Å². The van der Waals surface area contributed by atoms with Crippen molar-refractivity contribution in [3.63, 3.8) is 0 Å². The number of phenols is 1. The van der Waals surface area contributed by atoms with E-state index in [4.69, 9.17) is 14.7 Å². The van der Waals surface area contributed by atoms with Crippen LogP contribution >= 0.6 is 0 Å². The molecule has 0 bridgehead atoms. The predicted molar refractivity (Wildman–Crippen MR) is 128 cm³/mol. The molecule has 0 spiro atoms. The summed E-state index contributed by atoms with van der Waals surface area (Å²) >= 11 is 0. The lowest BCUT2D eigenvalue weighted by atomic mass is 10.1. The molecule has 0 saturated carbocycles. The van der Waals surface area contributed by atoms with Crippen molar-refractivity contribution < 1.29 is 14.6 Å². The second-order valence-corrected chi connectivity index (χ2v) is 7.61. The van der Waals surface area contributed by atoms with Crippen molar-refractivity contribution in [2.24, 2.45) is 5.92 Å². The van der Waals surface area contributed by atoms with Gasteiger partial charge in [0.25, 0.3) is 0 Å². The number of nitrogens with one attached hydrogen (secondary N) is 1. The van der Waals surface area contributed by atoms with Gasteiger partial charge in [-0.05, 0) is 56.0 Å². The number of hydrogen-bond donors (Lipinski definition) is 2. The predicted octanol–water partition coefficient (Wildman–Crippen LogP) is 4.91. The van der Waals surface area contributed by atoms with Gasteiger partial charge in [0.05, 0.1) is 17.7 Å². The Morgan fingerprint density at radius 2 is 2.00 bits per heavy atom. The van der Waals surface area contributed by atoms with E-state index in [0.29, 0.717) is 30.5 Å². The minimum atomic E-state index is -0.374. The van der Waals surface area contributed by atoms with Gasteiger partial charge in [0.15, 0.2) is 5.82 Å². The van der Waals surface area contributed by atoms with Crippen LogP contribution in [0.3, 0.4) is 0 Å². The van der Waals surface area contributed by atoms with Crippen molar-refractivity contribution >= 4 is 22.8 Å². The highest BCUT2D eigenvalue weighted by molar-refractivity contribution is 5.92. The molecule has 0 aliphatic carbocycles. The maximum absolute atomic E-state index is 11.6. The number of alkyl carbamates (subject to hydrolysis) is 1. The number of ether oxygens (including phenoxy) is 1. The van der Waals surface area contributed by atoms with Gasteiger partial charge in [0.2, 0.25) is 0 Å². The highest BCUT2D eigenvalue weighted by Gasteiger charge is 2.26. The van der Waals surface area contributed by atoms with Crippen LogP contribution in [-0.4, -0.2) is 47.4 Å². The van der Waals surface area contributed by atoms with Crippen LogP contribution in [0.4, 0.5) is 10.6 Å². The Bertz CT molecular complexity index is 1070. The molecule has 1 saturated heterocycles. The molecular weight excluding hydrogens is 404 g/mol. The number of rotatable bonds is 5. The maximum atomic E-state index is 11.6. The molecule has 2 aromatic carbocycles. The van der Waals surface area contributed by atoms with E-state index in [0.717, 1.165) is 41.8 Å². The number of aryl methyl sites for hydroxylation is 1. The molecule has 1 amide bonds. The third-order valence-electron chi connectivity index (χ3n) is 5.37. The number of carbonyl (C=O) groups excluding carboxylic acids is 1. The van der Waals surface area contributed by atoms with E-state index in [9.17, 15) is 9.90 Å². The summed E-state index contributed by atoms with van der Waals surface area (Å²) in [5, 5.41) is 14.1. The summed E-state index contributed by atoms with van der Waals surface area (Å²) in [5.74, 6) is 1.85. The van der Waals surface area contributed by atoms with Crippen molar-refractivity contribution in [2.45, 2.75) is 34.1 Å². The molecule has 1 aliphatic heterocycles. The van der Waals surface area contributed by atoms with Gasteiger partial charge in [-0.25, -0.2) is 14.8 Å². The number of anilines is 1. The van der Waals surface area contributed by atoms with Gasteiger partial charge in [-0.2, -0.15) is 0 Å². The summed E-state index contributed by atoms with van der Waals surface area (Å²) in [6, 6.07) is 13.3. The summed E-state index contributed by atoms with van der Waals surface area (Å²) in [4.78, 5) is 23.4. The fourth-order valence-corrected chi connectivity index (χ4v) is 3.85. The van der Waals surface area contributed by atoms with Crippen LogP contribution in [0.25, 0.3) is 22.3 Å². The first-order valence-electron chi connectivity index (χ1n) is 11.3. The molecule has 1 atom stereocenters. The van der Waals surface area contributed by atoms with Gasteiger partial charge in [-0.1, -0.05) is 32.0 Å². The van der Waals surface area contributed by atoms with Crippen LogP contribution < -0.4 is 10.2 Å². The van der Waals surface area contributed by atoms with Gasteiger partial charge in [-0.3, -0.25) is 0 Å². The fraction of sp³-hybridized carbons (Fsp3) is 0.400. The van der Waals surface area contributed by atoms with E-state index in [1.54, 1.807) is 19.1 Å². The number of benzene rings is 2. The fourth-order valence-electron chi connectivity index (χ4n) is 3.85. The second-order valence-electron chi connectivity index (χ2n) is 7.61. The van der Waals surface area contributed by atoms with Crippen molar-refractivity contribution in [2.75, 3.05) is 31.1 Å². The highest BCUT2D eigenvalue weighted by atomic mass is 16.5. The topological polar surface area (TPSA) is 87.6 Å². The van der Waals surface area contributed by atoms with Gasteiger partial charge < -0.3 is 20.1 Å². The van der Waals surface area contributed by atoms with Crippen LogP contribution in [0.1, 0.15) is 32.8 Å². The standard InChI is InChI=1S/C23H26N4O3.C2H6/c1-3-30-23(29)24-13-16-10-11-27(14-16)22-17-9-8-15(2)12-19(17)25-21(26-22)18-6-4-5-7-20(18)28;1-2/h4-9,12,16,28H,3,10-11,13-14H2,1-2H3,(H,24,29);1-2H3. The second kappa shape index (κ2) is 10.8. The summed E-state index contributed by atoms with van der Waals surface area (Å²) in [6.45, 7) is 10.4. The zero-order valence-corrected chi connectivity index (χ0v) is 19.3. The molecular formula is C25H32N4O3. The van der Waals surface area contributed by atoms with Gasteiger partial charge in [-0.15, -0.1) is 0 Å². The Morgan fingerprint density at radius 3 is 2.75 bits per heavy atom. The number of fused-ring (bicyclic) bond motifs is 1. The molecule has 2 heterocycles. The van der Waals surface area contributed by atoms with Crippen LogP contribution in [0.15, 0.2) is 42.5 Å². The van der Waals surface area contributed by atoms with Crippen molar-refractivity contribution in [1.29, 1.82) is 0 Å². The Labute approximate surface area is 189 Å². The number of phenolic OH excluding ortho intramolecular Hbond substituents is 1. The molecule has 1 fully saturated rings. The SMILES string of the molecule is CC.CCOC(=O)NCC1CCN(c2nc(-c3ccccc3O)nc3cc(C)ccc23)C1. The zero-order chi connectivity index (χ0) is 23.1. The first kappa shape index (κ1) is 23.3. The molecule has 7 nitrogen and oxygen atoms in total. The number of nitrogens with zero attached hydrogens (tertiary/aromatic N) is 3. The first-order valence-corrected chi connectivity index (χ1v) is 11.3. The summed E-state index contributed by atoms with van der Waals surface area (Å²) < 4.78 is 4.95. The number of para-hydroxylation sites is 1. The van der Waals surface area contributed by atoms with Crippen LogP contribution in [0, 0.1) is 12.8 Å². The third-order valence-corrected chi connectivity index (χ3v) is 5.37. The number of amides is 1. The maximum Gasteiger partial charge on any atom is 0.407 e. The Balaban J connectivity index is 0.00000141. The average Bonchev–Trinajstić information content (AvgIpc) is 3.27. The largest absolute Gasteiger partial charge is 0.507 e. The van der Waals surface area contributed by atoms with E-state index < -0.39 is 0 Å². The summed E-state index contributed by atoms with van der Waals surface area (Å²) in [6.07, 6.45) is 0.580. The monoisotopic (exact) mass is 436 g/mol. The molecule has 2 N–H and O–H groups in total. The van der Waals surface area contributed by atoms with E-state index in [1.807, 2.05) is 39.0 Å². The first-order chi connectivity index (χ1) is 15.5.